The van der Waals surface area contributed by atoms with Gasteiger partial charge in [0.05, 0.1) is 16.9 Å². The lowest BCUT2D eigenvalue weighted by atomic mass is 10.1. The molecule has 1 unspecified atom stereocenters. The van der Waals surface area contributed by atoms with Crippen molar-refractivity contribution in [3.05, 3.63) is 69.5 Å². The number of halogens is 1. The molecule has 0 saturated carbocycles. The molecule has 0 heterocycles. The quantitative estimate of drug-likeness (QED) is 0.365. The van der Waals surface area contributed by atoms with E-state index in [1.165, 1.54) is 41.3 Å². The Morgan fingerprint density at radius 2 is 1.73 bits per heavy atom. The first kappa shape index (κ1) is 29.7. The Hall–Kier alpha value is -3.54. The Morgan fingerprint density at radius 3 is 2.22 bits per heavy atom. The first-order chi connectivity index (χ1) is 17.0. The monoisotopic (exact) mass is 536 g/mol. The Bertz CT molecular complexity index is 1260. The van der Waals surface area contributed by atoms with E-state index in [-0.39, 0.29) is 24.3 Å². The van der Waals surface area contributed by atoms with E-state index in [0.717, 1.165) is 16.6 Å². The summed E-state index contributed by atoms with van der Waals surface area (Å²) >= 11 is 0. The molecule has 1 atom stereocenters. The van der Waals surface area contributed by atoms with Gasteiger partial charge in [-0.05, 0) is 57.4 Å². The van der Waals surface area contributed by atoms with Gasteiger partial charge in [0.15, 0.2) is 0 Å². The van der Waals surface area contributed by atoms with Crippen molar-refractivity contribution in [1.82, 2.24) is 10.2 Å². The molecule has 12 heteroatoms. The molecule has 2 aromatic carbocycles. The van der Waals surface area contributed by atoms with Crippen LogP contribution in [0.3, 0.4) is 0 Å². The summed E-state index contributed by atoms with van der Waals surface area (Å²) in [5, 5.41) is 14.1. The zero-order valence-corrected chi connectivity index (χ0v) is 22.6. The maximum Gasteiger partial charge on any atom is 0.271 e. The number of rotatable bonds is 10. The van der Waals surface area contributed by atoms with E-state index in [2.05, 4.69) is 5.32 Å². The number of nitro groups is 1. The summed E-state index contributed by atoms with van der Waals surface area (Å²) in [4.78, 5) is 38.7. The topological polar surface area (TPSA) is 130 Å². The molecule has 2 aromatic rings. The fourth-order valence-corrected chi connectivity index (χ4v) is 4.63. The number of aryl methyl sites for hydroxylation is 1. The normalized spacial score (nSPS) is 12.5. The predicted molar refractivity (Wildman–Crippen MR) is 139 cm³/mol. The molecule has 1 N–H and O–H groups in total. The number of hydrogen-bond acceptors (Lipinski definition) is 6. The van der Waals surface area contributed by atoms with Gasteiger partial charge in [0.2, 0.25) is 21.8 Å². The summed E-state index contributed by atoms with van der Waals surface area (Å²) in [5.74, 6) is -1.59. The fourth-order valence-electron chi connectivity index (χ4n) is 3.73. The van der Waals surface area contributed by atoms with Gasteiger partial charge in [-0.15, -0.1) is 0 Å². The van der Waals surface area contributed by atoms with Gasteiger partial charge in [0, 0.05) is 24.2 Å². The van der Waals surface area contributed by atoms with Crippen LogP contribution in [-0.2, 0) is 26.2 Å². The van der Waals surface area contributed by atoms with Crippen molar-refractivity contribution in [3.63, 3.8) is 0 Å². The first-order valence-corrected chi connectivity index (χ1v) is 13.5. The first-order valence-electron chi connectivity index (χ1n) is 11.6. The van der Waals surface area contributed by atoms with Crippen LogP contribution >= 0.6 is 0 Å². The molecule has 37 heavy (non-hydrogen) atoms. The van der Waals surface area contributed by atoms with Crippen LogP contribution < -0.4 is 9.62 Å². The third-order valence-electron chi connectivity index (χ3n) is 5.50. The van der Waals surface area contributed by atoms with Gasteiger partial charge in [-0.1, -0.05) is 25.1 Å². The van der Waals surface area contributed by atoms with Crippen molar-refractivity contribution >= 4 is 33.2 Å². The highest BCUT2D eigenvalue weighted by atomic mass is 32.2. The van der Waals surface area contributed by atoms with Crippen molar-refractivity contribution in [2.75, 3.05) is 17.1 Å². The minimum atomic E-state index is -4.06. The maximum absolute atomic E-state index is 13.7. The average molecular weight is 537 g/mol. The number of sulfonamides is 1. The highest BCUT2D eigenvalue weighted by Crippen LogP contribution is 2.28. The van der Waals surface area contributed by atoms with Crippen LogP contribution in [0, 0.1) is 22.9 Å². The van der Waals surface area contributed by atoms with Gasteiger partial charge >= 0.3 is 0 Å². The number of non-ortho nitro benzene ring substituents is 1. The zero-order chi connectivity index (χ0) is 28.1. The van der Waals surface area contributed by atoms with Crippen molar-refractivity contribution < 1.29 is 27.3 Å². The van der Waals surface area contributed by atoms with Crippen molar-refractivity contribution in [1.29, 1.82) is 0 Å². The molecule has 0 radical (unpaired) electrons. The van der Waals surface area contributed by atoms with Crippen LogP contribution in [0.15, 0.2) is 42.5 Å². The summed E-state index contributed by atoms with van der Waals surface area (Å²) in [6.07, 6.45) is 1.12. The number of nitro benzene ring substituents is 1. The Labute approximate surface area is 216 Å². The minimum absolute atomic E-state index is 0.0148. The van der Waals surface area contributed by atoms with Gasteiger partial charge in [0.1, 0.15) is 18.4 Å². The summed E-state index contributed by atoms with van der Waals surface area (Å²) in [6.45, 7) is 7.89. The molecule has 0 aromatic heterocycles. The maximum atomic E-state index is 13.7. The third-order valence-corrected chi connectivity index (χ3v) is 6.63. The molecule has 0 saturated heterocycles. The van der Waals surface area contributed by atoms with E-state index in [1.807, 2.05) is 0 Å². The standard InChI is InChI=1S/C25H33FN4O6S/c1-7-21(24(32)27-25(3,4)5)28(15-18-9-11-19(26)12-10-18)23(31)16-29(37(6,35)36)22-14-20(30(33)34)13-8-17(22)2/h8-14,21H,7,15-16H2,1-6H3,(H,27,32). The minimum Gasteiger partial charge on any atom is -0.350 e. The predicted octanol–water partition coefficient (Wildman–Crippen LogP) is 3.53. The lowest BCUT2D eigenvalue weighted by Crippen LogP contribution is -2.55. The second kappa shape index (κ2) is 11.7. The number of hydrogen-bond donors (Lipinski definition) is 1. The number of benzene rings is 2. The molecule has 0 spiro atoms. The van der Waals surface area contributed by atoms with E-state index >= 15 is 0 Å². The van der Waals surface area contributed by atoms with Gasteiger partial charge in [-0.2, -0.15) is 0 Å². The second-order valence-corrected chi connectivity index (χ2v) is 11.7. The van der Waals surface area contributed by atoms with Crippen molar-refractivity contribution in [2.45, 2.75) is 59.2 Å². The summed E-state index contributed by atoms with van der Waals surface area (Å²) in [5.41, 5.74) is 0.00833. The number of carbonyl (C=O) groups excluding carboxylic acids is 2. The van der Waals surface area contributed by atoms with Crippen molar-refractivity contribution in [3.8, 4) is 0 Å². The molecule has 202 valence electrons. The molecular formula is C25H33FN4O6S. The largest absolute Gasteiger partial charge is 0.350 e. The molecule has 2 rings (SSSR count). The molecule has 2 amide bonds. The van der Waals surface area contributed by atoms with Crippen LogP contribution in [0.4, 0.5) is 15.8 Å². The molecule has 0 aliphatic rings. The Balaban J connectivity index is 2.54. The van der Waals surface area contributed by atoms with Gasteiger partial charge in [-0.25, -0.2) is 12.8 Å². The molecule has 0 fully saturated rings. The Morgan fingerprint density at radius 1 is 1.14 bits per heavy atom. The van der Waals surface area contributed by atoms with E-state index in [1.54, 1.807) is 34.6 Å². The summed E-state index contributed by atoms with van der Waals surface area (Å²) in [7, 11) is -4.06. The smallest absolute Gasteiger partial charge is 0.271 e. The summed E-state index contributed by atoms with van der Waals surface area (Å²) in [6, 6.07) is 8.19. The third kappa shape index (κ3) is 8.24. The van der Waals surface area contributed by atoms with Crippen LogP contribution in [0.25, 0.3) is 0 Å². The molecule has 0 aliphatic heterocycles. The van der Waals surface area contributed by atoms with E-state index in [4.69, 9.17) is 0 Å². The molecule has 0 bridgehead atoms. The van der Waals surface area contributed by atoms with Crippen LogP contribution in [-0.4, -0.2) is 54.4 Å². The van der Waals surface area contributed by atoms with Gasteiger partial charge in [-0.3, -0.25) is 24.0 Å². The van der Waals surface area contributed by atoms with E-state index < -0.39 is 50.7 Å². The SMILES string of the molecule is CCC(C(=O)NC(C)(C)C)N(Cc1ccc(F)cc1)C(=O)CN(c1cc([N+](=O)[O-])ccc1C)S(C)(=O)=O. The van der Waals surface area contributed by atoms with E-state index in [9.17, 15) is 32.5 Å². The van der Waals surface area contributed by atoms with Gasteiger partial charge in [0.25, 0.3) is 5.69 Å². The number of nitrogens with one attached hydrogen (secondary N) is 1. The van der Waals surface area contributed by atoms with Crippen molar-refractivity contribution in [2.24, 2.45) is 0 Å². The lowest BCUT2D eigenvalue weighted by molar-refractivity contribution is -0.384. The average Bonchev–Trinajstić information content (AvgIpc) is 2.77. The number of amides is 2. The zero-order valence-electron chi connectivity index (χ0n) is 21.8. The van der Waals surface area contributed by atoms with Crippen LogP contribution in [0.1, 0.15) is 45.2 Å². The van der Waals surface area contributed by atoms with Crippen LogP contribution in [0.2, 0.25) is 0 Å². The lowest BCUT2D eigenvalue weighted by Gasteiger charge is -2.34. The number of nitrogens with zero attached hydrogens (tertiary/aromatic N) is 3. The summed E-state index contributed by atoms with van der Waals surface area (Å²) < 4.78 is 39.8. The molecular weight excluding hydrogens is 503 g/mol. The highest BCUT2D eigenvalue weighted by molar-refractivity contribution is 7.92. The molecule has 0 aliphatic carbocycles. The Kier molecular flexibility index (Phi) is 9.37. The number of anilines is 1. The number of carbonyl (C=O) groups is 2. The van der Waals surface area contributed by atoms with E-state index in [0.29, 0.717) is 11.1 Å². The highest BCUT2D eigenvalue weighted by Gasteiger charge is 2.33. The van der Waals surface area contributed by atoms with Gasteiger partial charge < -0.3 is 10.2 Å². The van der Waals surface area contributed by atoms with Crippen LogP contribution in [0.5, 0.6) is 0 Å². The second-order valence-electron chi connectivity index (χ2n) is 9.81. The fraction of sp³-hybridized carbons (Fsp3) is 0.440. The molecule has 10 nitrogen and oxygen atoms in total.